The van der Waals surface area contributed by atoms with Crippen LogP contribution in [0.25, 0.3) is 16.8 Å². The lowest BCUT2D eigenvalue weighted by atomic mass is 10.0. The summed E-state index contributed by atoms with van der Waals surface area (Å²) in [7, 11) is 0. The van der Waals surface area contributed by atoms with E-state index in [1.54, 1.807) is 36.5 Å². The van der Waals surface area contributed by atoms with Crippen molar-refractivity contribution in [3.05, 3.63) is 77.9 Å². The first-order valence-corrected chi connectivity index (χ1v) is 8.21. The molecule has 0 radical (unpaired) electrons. The molecule has 0 N–H and O–H groups in total. The third kappa shape index (κ3) is 3.08. The molecule has 3 aromatic heterocycles. The molecule has 0 saturated carbocycles. The highest BCUT2D eigenvalue weighted by Gasteiger charge is 2.13. The molecule has 0 saturated heterocycles. The molecule has 0 unspecified atom stereocenters. The highest BCUT2D eigenvalue weighted by molar-refractivity contribution is 5.69. The van der Waals surface area contributed by atoms with Crippen LogP contribution < -0.4 is 4.74 Å². The topological polar surface area (TPSA) is 87.0 Å². The van der Waals surface area contributed by atoms with E-state index in [4.69, 9.17) is 10.00 Å². The van der Waals surface area contributed by atoms with Gasteiger partial charge in [0.2, 0.25) is 5.88 Å². The zero-order valence-corrected chi connectivity index (χ0v) is 14.4. The van der Waals surface area contributed by atoms with Gasteiger partial charge in [-0.15, -0.1) is 0 Å². The molecule has 0 aliphatic carbocycles. The number of rotatable bonds is 3. The fraction of sp³-hybridized carbons (Fsp3) is 0.0476. The van der Waals surface area contributed by atoms with Crippen LogP contribution in [0, 0.1) is 29.6 Å². The number of nitrogens with zero attached hydrogens (tertiary/aromatic N) is 5. The van der Waals surface area contributed by atoms with Crippen LogP contribution in [0.2, 0.25) is 0 Å². The van der Waals surface area contributed by atoms with Gasteiger partial charge in [0, 0.05) is 35.4 Å². The Hall–Kier alpha value is -4.16. The Morgan fingerprint density at radius 1 is 1.04 bits per heavy atom. The number of fused-ring (bicyclic) bond motifs is 1. The van der Waals surface area contributed by atoms with Gasteiger partial charge < -0.3 is 9.14 Å². The molecule has 6 nitrogen and oxygen atoms in total. The van der Waals surface area contributed by atoms with Gasteiger partial charge in [-0.3, -0.25) is 0 Å². The molecule has 0 aliphatic rings. The summed E-state index contributed by atoms with van der Waals surface area (Å²) in [6.07, 6.45) is 5.56. The molecule has 0 spiro atoms. The Kier molecular flexibility index (Phi) is 4.00. The van der Waals surface area contributed by atoms with Gasteiger partial charge in [-0.2, -0.15) is 10.5 Å². The number of nitriles is 2. The molecular formula is C21H13N5O. The molecule has 0 amide bonds. The molecule has 6 heteroatoms. The molecular weight excluding hydrogens is 338 g/mol. The molecule has 27 heavy (non-hydrogen) atoms. The SMILES string of the molecule is Cc1nc(Oc2ccc(C#N)cc2)c(C#N)cc1-c1ccc2nccn2c1. The summed E-state index contributed by atoms with van der Waals surface area (Å²) in [5.41, 5.74) is 4.27. The lowest BCUT2D eigenvalue weighted by Gasteiger charge is -2.11. The first kappa shape index (κ1) is 16.3. The van der Waals surface area contributed by atoms with Crippen LogP contribution >= 0.6 is 0 Å². The van der Waals surface area contributed by atoms with Gasteiger partial charge in [0.1, 0.15) is 23.0 Å². The summed E-state index contributed by atoms with van der Waals surface area (Å²) in [6.45, 7) is 1.88. The number of hydrogen-bond acceptors (Lipinski definition) is 5. The lowest BCUT2D eigenvalue weighted by molar-refractivity contribution is 0.460. The number of hydrogen-bond donors (Lipinski definition) is 0. The summed E-state index contributed by atoms with van der Waals surface area (Å²) >= 11 is 0. The number of benzene rings is 1. The number of pyridine rings is 2. The van der Waals surface area contributed by atoms with Crippen LogP contribution in [-0.4, -0.2) is 14.4 Å². The predicted molar refractivity (Wildman–Crippen MR) is 99.1 cm³/mol. The van der Waals surface area contributed by atoms with E-state index in [0.717, 1.165) is 22.5 Å². The number of aryl methyl sites for hydroxylation is 1. The summed E-state index contributed by atoms with van der Waals surface area (Å²) in [5, 5.41) is 18.4. The van der Waals surface area contributed by atoms with Crippen molar-refractivity contribution >= 4 is 5.65 Å². The largest absolute Gasteiger partial charge is 0.438 e. The number of aromatic nitrogens is 3. The van der Waals surface area contributed by atoms with Crippen molar-refractivity contribution in [3.8, 4) is 34.9 Å². The second-order valence-corrected chi connectivity index (χ2v) is 5.93. The van der Waals surface area contributed by atoms with E-state index in [-0.39, 0.29) is 5.88 Å². The van der Waals surface area contributed by atoms with Gasteiger partial charge in [-0.05, 0) is 49.4 Å². The van der Waals surface area contributed by atoms with Crippen LogP contribution in [0.1, 0.15) is 16.8 Å². The second kappa shape index (κ2) is 6.62. The summed E-state index contributed by atoms with van der Waals surface area (Å²) in [5.74, 6) is 0.761. The fourth-order valence-corrected chi connectivity index (χ4v) is 2.82. The highest BCUT2D eigenvalue weighted by Crippen LogP contribution is 2.30. The number of ether oxygens (including phenoxy) is 1. The van der Waals surface area contributed by atoms with Crippen molar-refractivity contribution in [3.63, 3.8) is 0 Å². The molecule has 0 atom stereocenters. The minimum Gasteiger partial charge on any atom is -0.438 e. The molecule has 3 heterocycles. The van der Waals surface area contributed by atoms with Crippen molar-refractivity contribution in [2.75, 3.05) is 0 Å². The maximum absolute atomic E-state index is 9.55. The summed E-state index contributed by atoms with van der Waals surface area (Å²) < 4.78 is 7.69. The average Bonchev–Trinajstić information content (AvgIpc) is 3.16. The molecule has 0 bridgehead atoms. The molecule has 4 aromatic rings. The Labute approximate surface area is 155 Å². The fourth-order valence-electron chi connectivity index (χ4n) is 2.82. The first-order chi connectivity index (χ1) is 13.2. The number of imidazole rings is 1. The molecule has 0 aliphatic heterocycles. The van der Waals surface area contributed by atoms with Crippen molar-refractivity contribution in [2.45, 2.75) is 6.92 Å². The Morgan fingerprint density at radius 2 is 1.85 bits per heavy atom. The highest BCUT2D eigenvalue weighted by atomic mass is 16.5. The predicted octanol–water partition coefficient (Wildman–Crippen LogP) is 4.24. The lowest BCUT2D eigenvalue weighted by Crippen LogP contribution is -1.97. The Bertz CT molecular complexity index is 1230. The molecule has 128 valence electrons. The van der Waals surface area contributed by atoms with Crippen molar-refractivity contribution in [1.82, 2.24) is 14.4 Å². The van der Waals surface area contributed by atoms with E-state index >= 15 is 0 Å². The van der Waals surface area contributed by atoms with Gasteiger partial charge in [-0.25, -0.2) is 9.97 Å². The van der Waals surface area contributed by atoms with Crippen LogP contribution in [0.4, 0.5) is 0 Å². The van der Waals surface area contributed by atoms with Gasteiger partial charge >= 0.3 is 0 Å². The van der Waals surface area contributed by atoms with Gasteiger partial charge in [-0.1, -0.05) is 0 Å². The van der Waals surface area contributed by atoms with Gasteiger partial charge in [0.25, 0.3) is 0 Å². The van der Waals surface area contributed by atoms with E-state index in [9.17, 15) is 5.26 Å². The standard InChI is InChI=1S/C21H13N5O/c1-14-19(16-4-7-20-24-8-9-26(20)13-16)10-17(12-23)21(25-14)27-18-5-2-15(11-22)3-6-18/h2-10,13H,1H3. The molecule has 4 rings (SSSR count). The quantitative estimate of drug-likeness (QED) is 0.551. The summed E-state index contributed by atoms with van der Waals surface area (Å²) in [4.78, 5) is 8.73. The Balaban J connectivity index is 1.73. The Morgan fingerprint density at radius 3 is 2.59 bits per heavy atom. The average molecular weight is 351 g/mol. The van der Waals surface area contributed by atoms with E-state index in [1.807, 2.05) is 35.9 Å². The van der Waals surface area contributed by atoms with Crippen molar-refractivity contribution in [1.29, 1.82) is 10.5 Å². The third-order valence-electron chi connectivity index (χ3n) is 4.20. The van der Waals surface area contributed by atoms with Crippen LogP contribution in [-0.2, 0) is 0 Å². The smallest absolute Gasteiger partial charge is 0.237 e. The van der Waals surface area contributed by atoms with Gasteiger partial charge in [0.15, 0.2) is 0 Å². The van der Waals surface area contributed by atoms with Crippen LogP contribution in [0.3, 0.4) is 0 Å². The third-order valence-corrected chi connectivity index (χ3v) is 4.20. The van der Waals surface area contributed by atoms with E-state index < -0.39 is 0 Å². The summed E-state index contributed by atoms with van der Waals surface area (Å²) in [6, 6.07) is 16.5. The van der Waals surface area contributed by atoms with E-state index in [1.165, 1.54) is 0 Å². The van der Waals surface area contributed by atoms with Crippen LogP contribution in [0.5, 0.6) is 11.6 Å². The minimum absolute atomic E-state index is 0.243. The van der Waals surface area contributed by atoms with Crippen molar-refractivity contribution < 1.29 is 4.74 Å². The first-order valence-electron chi connectivity index (χ1n) is 8.21. The van der Waals surface area contributed by atoms with E-state index in [2.05, 4.69) is 22.1 Å². The molecule has 0 fully saturated rings. The normalized spacial score (nSPS) is 10.3. The zero-order valence-electron chi connectivity index (χ0n) is 14.4. The zero-order chi connectivity index (χ0) is 18.8. The minimum atomic E-state index is 0.243. The second-order valence-electron chi connectivity index (χ2n) is 5.93. The van der Waals surface area contributed by atoms with Crippen molar-refractivity contribution in [2.24, 2.45) is 0 Å². The molecule has 1 aromatic carbocycles. The maximum atomic E-state index is 9.55. The monoisotopic (exact) mass is 351 g/mol. The maximum Gasteiger partial charge on any atom is 0.237 e. The van der Waals surface area contributed by atoms with E-state index in [0.29, 0.717) is 16.9 Å². The van der Waals surface area contributed by atoms with Gasteiger partial charge in [0.05, 0.1) is 11.6 Å². The van der Waals surface area contributed by atoms with Crippen LogP contribution in [0.15, 0.2) is 61.1 Å².